The van der Waals surface area contributed by atoms with Gasteiger partial charge in [-0.05, 0) is 63.1 Å². The summed E-state index contributed by atoms with van der Waals surface area (Å²) in [7, 11) is -1.37. The second kappa shape index (κ2) is 15.5. The van der Waals surface area contributed by atoms with E-state index in [1.807, 2.05) is 20.8 Å². The first-order valence-electron chi connectivity index (χ1n) is 14.2. The Morgan fingerprint density at radius 3 is 2.07 bits per heavy atom. The van der Waals surface area contributed by atoms with Gasteiger partial charge in [0, 0.05) is 34.3 Å². The van der Waals surface area contributed by atoms with E-state index in [4.69, 9.17) is 32.7 Å². The van der Waals surface area contributed by atoms with E-state index in [2.05, 4.69) is 5.32 Å². The molecule has 0 aliphatic carbocycles. The minimum Gasteiger partial charge on any atom is -0.493 e. The van der Waals surface area contributed by atoms with Gasteiger partial charge in [-0.1, -0.05) is 60.8 Å². The van der Waals surface area contributed by atoms with Gasteiger partial charge in [0.05, 0.1) is 24.8 Å². The number of hydrogen-bond donors (Lipinski definition) is 1. The molecule has 3 aromatic rings. The fourth-order valence-electron chi connectivity index (χ4n) is 4.56. The third-order valence-electron chi connectivity index (χ3n) is 7.32. The van der Waals surface area contributed by atoms with Crippen LogP contribution < -0.4 is 19.1 Å². The zero-order chi connectivity index (χ0) is 32.6. The molecule has 0 aliphatic heterocycles. The van der Waals surface area contributed by atoms with E-state index in [0.29, 0.717) is 27.8 Å². The molecule has 238 valence electrons. The van der Waals surface area contributed by atoms with Gasteiger partial charge in [-0.3, -0.25) is 13.9 Å². The molecule has 0 bridgehead atoms. The lowest BCUT2D eigenvalue weighted by Crippen LogP contribution is -2.53. The van der Waals surface area contributed by atoms with Crippen molar-refractivity contribution in [2.24, 2.45) is 0 Å². The number of rotatable bonds is 14. The van der Waals surface area contributed by atoms with E-state index >= 15 is 0 Å². The minimum atomic E-state index is -4.27. The summed E-state index contributed by atoms with van der Waals surface area (Å²) >= 11 is 13.0. The van der Waals surface area contributed by atoms with Gasteiger partial charge in [-0.15, -0.1) is 0 Å². The smallest absolute Gasteiger partial charge is 0.264 e. The van der Waals surface area contributed by atoms with Crippen LogP contribution in [0.1, 0.15) is 44.7 Å². The number of ether oxygens (including phenoxy) is 2. The summed E-state index contributed by atoms with van der Waals surface area (Å²) in [6.45, 7) is 6.70. The Bertz CT molecular complexity index is 1550. The van der Waals surface area contributed by atoms with Crippen molar-refractivity contribution < 1.29 is 27.5 Å². The van der Waals surface area contributed by atoms with Crippen LogP contribution in [-0.2, 0) is 26.2 Å². The summed E-state index contributed by atoms with van der Waals surface area (Å²) < 4.78 is 40.1. The molecule has 2 unspecified atom stereocenters. The molecule has 44 heavy (non-hydrogen) atoms. The van der Waals surface area contributed by atoms with E-state index in [9.17, 15) is 18.0 Å². The summed E-state index contributed by atoms with van der Waals surface area (Å²) in [4.78, 5) is 29.1. The highest BCUT2D eigenvalue weighted by Gasteiger charge is 2.35. The zero-order valence-electron chi connectivity index (χ0n) is 25.8. The molecule has 0 aromatic heterocycles. The number of sulfonamides is 1. The second-order valence-electron chi connectivity index (χ2n) is 10.3. The lowest BCUT2D eigenvalue weighted by atomic mass is 10.1. The molecule has 3 aromatic carbocycles. The number of nitrogens with one attached hydrogen (secondary N) is 1. The van der Waals surface area contributed by atoms with Crippen LogP contribution in [0.4, 0.5) is 5.69 Å². The van der Waals surface area contributed by atoms with E-state index in [-0.39, 0.29) is 41.2 Å². The van der Waals surface area contributed by atoms with Crippen molar-refractivity contribution in [1.29, 1.82) is 0 Å². The average molecular weight is 665 g/mol. The number of aryl methyl sites for hydroxylation is 1. The van der Waals surface area contributed by atoms with Crippen LogP contribution in [0.15, 0.2) is 65.6 Å². The van der Waals surface area contributed by atoms with Crippen LogP contribution >= 0.6 is 23.2 Å². The van der Waals surface area contributed by atoms with Gasteiger partial charge in [-0.25, -0.2) is 8.42 Å². The Labute approximate surface area is 270 Å². The number of amides is 2. The molecule has 2 atom stereocenters. The number of halogens is 2. The van der Waals surface area contributed by atoms with Crippen LogP contribution in [0.3, 0.4) is 0 Å². The lowest BCUT2D eigenvalue weighted by Gasteiger charge is -2.34. The van der Waals surface area contributed by atoms with Crippen molar-refractivity contribution in [3.8, 4) is 11.5 Å². The Hall–Kier alpha value is -3.47. The molecule has 0 saturated heterocycles. The monoisotopic (exact) mass is 663 g/mol. The van der Waals surface area contributed by atoms with Gasteiger partial charge < -0.3 is 19.7 Å². The van der Waals surface area contributed by atoms with Crippen LogP contribution in [0.5, 0.6) is 11.5 Å². The van der Waals surface area contributed by atoms with Crippen molar-refractivity contribution >= 4 is 50.7 Å². The number of carbonyl (C=O) groups is 2. The molecule has 0 heterocycles. The summed E-state index contributed by atoms with van der Waals surface area (Å²) in [6, 6.07) is 14.8. The molecule has 0 aliphatic rings. The maximum atomic E-state index is 14.3. The van der Waals surface area contributed by atoms with Gasteiger partial charge in [0.15, 0.2) is 11.5 Å². The topological polar surface area (TPSA) is 105 Å². The van der Waals surface area contributed by atoms with E-state index in [1.165, 1.54) is 43.4 Å². The Balaban J connectivity index is 2.16. The Kier molecular flexibility index (Phi) is 12.3. The Morgan fingerprint density at radius 1 is 0.909 bits per heavy atom. The van der Waals surface area contributed by atoms with Crippen LogP contribution in [0, 0.1) is 6.92 Å². The summed E-state index contributed by atoms with van der Waals surface area (Å²) in [6.07, 6.45) is 0.950. The van der Waals surface area contributed by atoms with Crippen LogP contribution in [0.25, 0.3) is 0 Å². The molecule has 0 spiro atoms. The quantitative estimate of drug-likeness (QED) is 0.219. The zero-order valence-corrected chi connectivity index (χ0v) is 28.1. The molecule has 1 N–H and O–H groups in total. The van der Waals surface area contributed by atoms with Crippen molar-refractivity contribution in [3.05, 3.63) is 81.8 Å². The third kappa shape index (κ3) is 8.16. The van der Waals surface area contributed by atoms with Gasteiger partial charge in [-0.2, -0.15) is 0 Å². The fourth-order valence-corrected chi connectivity index (χ4v) is 6.48. The van der Waals surface area contributed by atoms with Gasteiger partial charge in [0.2, 0.25) is 11.8 Å². The average Bonchev–Trinajstić information content (AvgIpc) is 3.00. The largest absolute Gasteiger partial charge is 0.493 e. The van der Waals surface area contributed by atoms with Gasteiger partial charge in [0.25, 0.3) is 10.0 Å². The first-order chi connectivity index (χ1) is 20.9. The third-order valence-corrected chi connectivity index (χ3v) is 9.82. The van der Waals surface area contributed by atoms with Crippen molar-refractivity contribution in [3.63, 3.8) is 0 Å². The molecule has 3 rings (SSSR count). The lowest BCUT2D eigenvalue weighted by molar-refractivity contribution is -0.140. The highest BCUT2D eigenvalue weighted by Crippen LogP contribution is 2.34. The first-order valence-corrected chi connectivity index (χ1v) is 16.4. The van der Waals surface area contributed by atoms with Crippen molar-refractivity contribution in [2.75, 3.05) is 25.1 Å². The maximum absolute atomic E-state index is 14.3. The highest BCUT2D eigenvalue weighted by atomic mass is 35.5. The molecule has 0 fully saturated rings. The van der Waals surface area contributed by atoms with E-state index in [1.54, 1.807) is 43.3 Å². The van der Waals surface area contributed by atoms with Gasteiger partial charge in [0.1, 0.15) is 12.6 Å². The standard InChI is InChI=1S/C32H39Cl2N3O6S/c1-7-22(4)35-32(39)28(8-2)36(19-25-26(33)10-9-11-27(25)34)31(38)20-37(23-14-17-29(42-5)30(18-23)43-6)44(40,41)24-15-12-21(3)13-16-24/h9-18,22,28H,7-8,19-20H2,1-6H3,(H,35,39). The van der Waals surface area contributed by atoms with Crippen LogP contribution in [-0.4, -0.2) is 58.0 Å². The van der Waals surface area contributed by atoms with E-state index in [0.717, 1.165) is 9.87 Å². The number of nitrogens with zero attached hydrogens (tertiary/aromatic N) is 2. The molecular weight excluding hydrogens is 625 g/mol. The summed E-state index contributed by atoms with van der Waals surface area (Å²) in [5.41, 5.74) is 1.49. The number of benzene rings is 3. The molecule has 9 nitrogen and oxygen atoms in total. The fraction of sp³-hybridized carbons (Fsp3) is 0.375. The molecule has 0 radical (unpaired) electrons. The van der Waals surface area contributed by atoms with Crippen LogP contribution in [0.2, 0.25) is 10.0 Å². The molecule has 2 amide bonds. The highest BCUT2D eigenvalue weighted by molar-refractivity contribution is 7.92. The molecule has 12 heteroatoms. The second-order valence-corrected chi connectivity index (χ2v) is 13.0. The summed E-state index contributed by atoms with van der Waals surface area (Å²) in [5.74, 6) is -0.325. The SMILES string of the molecule is CCC(C)NC(=O)C(CC)N(Cc1c(Cl)cccc1Cl)C(=O)CN(c1ccc(OC)c(OC)c1)S(=O)(=O)c1ccc(C)cc1. The number of methoxy groups -OCH3 is 2. The number of carbonyl (C=O) groups excluding carboxylic acids is 2. The predicted octanol–water partition coefficient (Wildman–Crippen LogP) is 6.24. The Morgan fingerprint density at radius 2 is 1.52 bits per heavy atom. The molecular formula is C32H39Cl2N3O6S. The van der Waals surface area contributed by atoms with Crippen molar-refractivity contribution in [1.82, 2.24) is 10.2 Å². The maximum Gasteiger partial charge on any atom is 0.264 e. The number of anilines is 1. The number of hydrogen-bond acceptors (Lipinski definition) is 6. The normalized spacial score (nSPS) is 12.6. The minimum absolute atomic E-state index is 0.00654. The van der Waals surface area contributed by atoms with E-state index < -0.39 is 28.5 Å². The van der Waals surface area contributed by atoms with Crippen molar-refractivity contribution in [2.45, 2.75) is 64.1 Å². The predicted molar refractivity (Wildman–Crippen MR) is 174 cm³/mol. The summed E-state index contributed by atoms with van der Waals surface area (Å²) in [5, 5.41) is 3.58. The molecule has 0 saturated carbocycles. The first kappa shape index (κ1) is 35.0. The van der Waals surface area contributed by atoms with Gasteiger partial charge >= 0.3 is 0 Å².